The van der Waals surface area contributed by atoms with E-state index < -0.39 is 0 Å². The number of hydrogen-bond donors (Lipinski definition) is 2. The van der Waals surface area contributed by atoms with Gasteiger partial charge in [0.1, 0.15) is 5.69 Å². The van der Waals surface area contributed by atoms with Crippen LogP contribution in [0.15, 0.2) is 72.9 Å². The van der Waals surface area contributed by atoms with Crippen molar-refractivity contribution in [3.63, 3.8) is 0 Å². The lowest BCUT2D eigenvalue weighted by molar-refractivity contribution is 0.0947. The predicted molar refractivity (Wildman–Crippen MR) is 137 cm³/mol. The summed E-state index contributed by atoms with van der Waals surface area (Å²) in [5, 5.41) is 6.12. The summed E-state index contributed by atoms with van der Waals surface area (Å²) in [7, 11) is 1.96. The lowest BCUT2D eigenvalue weighted by atomic mass is 9.99. The summed E-state index contributed by atoms with van der Waals surface area (Å²) in [6.07, 6.45) is 3.73. The van der Waals surface area contributed by atoms with Gasteiger partial charge in [0.15, 0.2) is 0 Å². The summed E-state index contributed by atoms with van der Waals surface area (Å²) in [5.41, 5.74) is 7.20. The maximum atomic E-state index is 13.5. The molecule has 0 fully saturated rings. The van der Waals surface area contributed by atoms with Gasteiger partial charge in [0.05, 0.1) is 0 Å². The van der Waals surface area contributed by atoms with Gasteiger partial charge in [0.25, 0.3) is 5.91 Å². The normalized spacial score (nSPS) is 11.4. The van der Waals surface area contributed by atoms with Crippen molar-refractivity contribution in [3.05, 3.63) is 94.8 Å². The number of nitrogens with zero attached hydrogens (tertiary/aromatic N) is 1. The highest BCUT2D eigenvalue weighted by Gasteiger charge is 2.22. The number of carbonyl (C=O) groups excluding carboxylic acids is 1. The zero-order valence-corrected chi connectivity index (χ0v) is 19.5. The van der Waals surface area contributed by atoms with Gasteiger partial charge in [-0.1, -0.05) is 54.9 Å². The van der Waals surface area contributed by atoms with Crippen LogP contribution in [0.5, 0.6) is 0 Å². The highest BCUT2D eigenvalue weighted by Crippen LogP contribution is 2.36. The lowest BCUT2D eigenvalue weighted by Crippen LogP contribution is -2.28. The van der Waals surface area contributed by atoms with Crippen LogP contribution < -0.4 is 5.32 Å². The van der Waals surface area contributed by atoms with E-state index in [2.05, 4.69) is 47.6 Å². The van der Waals surface area contributed by atoms with Gasteiger partial charge in [-0.25, -0.2) is 0 Å². The van der Waals surface area contributed by atoms with Crippen molar-refractivity contribution in [2.45, 2.75) is 19.8 Å². The number of aryl methyl sites for hydroxylation is 2. The second-order valence-electron chi connectivity index (χ2n) is 8.36. The largest absolute Gasteiger partial charge is 0.361 e. The van der Waals surface area contributed by atoms with Crippen LogP contribution in [0.1, 0.15) is 28.5 Å². The number of amides is 1. The number of para-hydroxylation sites is 1. The third kappa shape index (κ3) is 3.91. The van der Waals surface area contributed by atoms with E-state index in [9.17, 15) is 4.79 Å². The number of hydrogen-bond acceptors (Lipinski definition) is 1. The highest BCUT2D eigenvalue weighted by atomic mass is 35.5. The van der Waals surface area contributed by atoms with Gasteiger partial charge in [0, 0.05) is 52.2 Å². The topological polar surface area (TPSA) is 49.8 Å². The first-order valence-electron chi connectivity index (χ1n) is 11.3. The Bertz CT molecular complexity index is 1460. The van der Waals surface area contributed by atoms with E-state index in [0.717, 1.165) is 40.4 Å². The molecule has 0 spiro atoms. The Balaban J connectivity index is 1.49. The SMILES string of the molecule is CCc1ccc2c(c1)c(-c1ccc(Cl)cc1)c(C(=O)NCCc1c[nH]c3ccccc13)n2C. The first-order chi connectivity index (χ1) is 16.1. The van der Waals surface area contributed by atoms with Crippen molar-refractivity contribution in [1.29, 1.82) is 0 Å². The maximum Gasteiger partial charge on any atom is 0.268 e. The van der Waals surface area contributed by atoms with Crippen LogP contribution in [0.25, 0.3) is 32.9 Å². The number of carbonyl (C=O) groups is 1. The number of fused-ring (bicyclic) bond motifs is 2. The Morgan fingerprint density at radius 2 is 1.82 bits per heavy atom. The average molecular weight is 456 g/mol. The van der Waals surface area contributed by atoms with Gasteiger partial charge in [-0.05, 0) is 59.9 Å². The molecule has 2 aromatic heterocycles. The van der Waals surface area contributed by atoms with Crippen LogP contribution in [-0.4, -0.2) is 22.0 Å². The quantitative estimate of drug-likeness (QED) is 0.301. The molecule has 0 aliphatic carbocycles. The van der Waals surface area contributed by atoms with Gasteiger partial charge >= 0.3 is 0 Å². The summed E-state index contributed by atoms with van der Waals surface area (Å²) in [5.74, 6) is -0.0726. The van der Waals surface area contributed by atoms with E-state index in [4.69, 9.17) is 11.6 Å². The summed E-state index contributed by atoms with van der Waals surface area (Å²) < 4.78 is 2.00. The molecular formula is C28H26ClN3O. The van der Waals surface area contributed by atoms with Crippen molar-refractivity contribution in [2.24, 2.45) is 7.05 Å². The zero-order chi connectivity index (χ0) is 22.9. The third-order valence-electron chi connectivity index (χ3n) is 6.37. The first kappa shape index (κ1) is 21.4. The molecule has 0 aliphatic rings. The maximum absolute atomic E-state index is 13.5. The molecule has 4 nitrogen and oxygen atoms in total. The monoisotopic (exact) mass is 455 g/mol. The van der Waals surface area contributed by atoms with Crippen LogP contribution in [0.2, 0.25) is 5.02 Å². The van der Waals surface area contributed by atoms with Crippen LogP contribution in [0.4, 0.5) is 0 Å². The summed E-state index contributed by atoms with van der Waals surface area (Å²) >= 11 is 6.14. The number of H-pyrrole nitrogens is 1. The van der Waals surface area contributed by atoms with Crippen molar-refractivity contribution in [2.75, 3.05) is 6.54 Å². The molecule has 2 N–H and O–H groups in total. The Kier molecular flexibility index (Phi) is 5.69. The third-order valence-corrected chi connectivity index (χ3v) is 6.63. The fourth-order valence-corrected chi connectivity index (χ4v) is 4.75. The second-order valence-corrected chi connectivity index (χ2v) is 8.80. The highest BCUT2D eigenvalue weighted by molar-refractivity contribution is 6.30. The molecule has 0 atom stereocenters. The fraction of sp³-hybridized carbons (Fsp3) is 0.179. The summed E-state index contributed by atoms with van der Waals surface area (Å²) in [6, 6.07) is 22.4. The Morgan fingerprint density at radius 3 is 2.61 bits per heavy atom. The Hall–Kier alpha value is -3.50. The number of nitrogens with one attached hydrogen (secondary N) is 2. The second kappa shape index (κ2) is 8.80. The number of benzene rings is 3. The smallest absolute Gasteiger partial charge is 0.268 e. The molecule has 0 saturated heterocycles. The van der Waals surface area contributed by atoms with Crippen LogP contribution in [0, 0.1) is 0 Å². The van der Waals surface area contributed by atoms with Crippen LogP contribution >= 0.6 is 11.6 Å². The van der Waals surface area contributed by atoms with Crippen molar-refractivity contribution < 1.29 is 4.79 Å². The van der Waals surface area contributed by atoms with E-state index in [0.29, 0.717) is 17.3 Å². The molecule has 1 amide bonds. The summed E-state index contributed by atoms with van der Waals surface area (Å²) in [4.78, 5) is 16.8. The summed E-state index contributed by atoms with van der Waals surface area (Å²) in [6.45, 7) is 2.70. The van der Waals surface area contributed by atoms with E-state index in [1.54, 1.807) is 0 Å². The Morgan fingerprint density at radius 1 is 1.03 bits per heavy atom. The molecule has 33 heavy (non-hydrogen) atoms. The van der Waals surface area contributed by atoms with Gasteiger partial charge in [-0.3, -0.25) is 4.79 Å². The Labute approximate surface area is 198 Å². The molecule has 5 aromatic rings. The molecule has 166 valence electrons. The molecule has 0 bridgehead atoms. The zero-order valence-electron chi connectivity index (χ0n) is 18.8. The molecule has 0 saturated carbocycles. The first-order valence-corrected chi connectivity index (χ1v) is 11.6. The number of rotatable bonds is 6. The van der Waals surface area contributed by atoms with E-state index >= 15 is 0 Å². The average Bonchev–Trinajstić information content (AvgIpc) is 3.38. The lowest BCUT2D eigenvalue weighted by Gasteiger charge is -2.10. The molecule has 0 unspecified atom stereocenters. The minimum Gasteiger partial charge on any atom is -0.361 e. The van der Waals surface area contributed by atoms with Gasteiger partial charge in [-0.2, -0.15) is 0 Å². The van der Waals surface area contributed by atoms with Gasteiger partial charge in [0.2, 0.25) is 0 Å². The fourth-order valence-electron chi connectivity index (χ4n) is 4.62. The standard InChI is InChI=1S/C28H26ClN3O/c1-3-18-8-13-25-23(16-18)26(19-9-11-21(29)12-10-19)27(32(25)2)28(33)30-15-14-20-17-31-24-7-5-4-6-22(20)24/h4-13,16-17,31H,3,14-15H2,1-2H3,(H,30,33). The molecular weight excluding hydrogens is 430 g/mol. The molecule has 5 heteroatoms. The van der Waals surface area contributed by atoms with Gasteiger partial charge in [-0.15, -0.1) is 0 Å². The van der Waals surface area contributed by atoms with Crippen molar-refractivity contribution in [3.8, 4) is 11.1 Å². The van der Waals surface area contributed by atoms with Crippen molar-refractivity contribution >= 4 is 39.3 Å². The van der Waals surface area contributed by atoms with Crippen molar-refractivity contribution in [1.82, 2.24) is 14.9 Å². The molecule has 2 heterocycles. The number of aromatic nitrogens is 2. The molecule has 5 rings (SSSR count). The molecule has 0 radical (unpaired) electrons. The van der Waals surface area contributed by atoms with E-state index in [1.165, 1.54) is 16.5 Å². The van der Waals surface area contributed by atoms with Gasteiger partial charge < -0.3 is 14.9 Å². The molecule has 3 aromatic carbocycles. The van der Waals surface area contributed by atoms with E-state index in [1.807, 2.05) is 54.2 Å². The van der Waals surface area contributed by atoms with E-state index in [-0.39, 0.29) is 5.91 Å². The minimum absolute atomic E-state index is 0.0726. The minimum atomic E-state index is -0.0726. The van der Waals surface area contributed by atoms with Crippen LogP contribution in [0.3, 0.4) is 0 Å². The van der Waals surface area contributed by atoms with Crippen LogP contribution in [-0.2, 0) is 19.9 Å². The molecule has 0 aliphatic heterocycles. The number of halogens is 1. The predicted octanol–water partition coefficient (Wildman–Crippen LogP) is 6.51. The number of aromatic amines is 1.